The summed E-state index contributed by atoms with van der Waals surface area (Å²) >= 11 is 12.1. The van der Waals surface area contributed by atoms with Crippen molar-refractivity contribution in [1.82, 2.24) is 10.2 Å². The van der Waals surface area contributed by atoms with Gasteiger partial charge in [-0.2, -0.15) is 0 Å². The fourth-order valence-corrected chi connectivity index (χ4v) is 3.08. The molecule has 2 aromatic carbocycles. The number of carbonyl (C=O) groups is 2. The average Bonchev–Trinajstić information content (AvgIpc) is 2.80. The summed E-state index contributed by atoms with van der Waals surface area (Å²) in [5.74, 6) is 0.266. The first-order valence-corrected chi connectivity index (χ1v) is 9.18. The Kier molecular flexibility index (Phi) is 6.37. The van der Waals surface area contributed by atoms with Gasteiger partial charge in [-0.1, -0.05) is 41.4 Å². The number of fused-ring (bicyclic) bond motifs is 1. The smallest absolute Gasteiger partial charge is 0.260 e. The zero-order chi connectivity index (χ0) is 19.2. The highest BCUT2D eigenvalue weighted by atomic mass is 35.5. The molecule has 0 aliphatic carbocycles. The standard InChI is InChI=1S/C20H18Cl2N2O3/c21-16-6-7-18-15(11-16)12-24(20(26)13-27-18)10-9-23-19(25)8-5-14-3-1-2-4-17(14)22/h1-8,11H,9-10,12-13H2,(H,23,25)/b8-5+. The van der Waals surface area contributed by atoms with Crippen LogP contribution in [0, 0.1) is 0 Å². The molecule has 0 unspecified atom stereocenters. The number of hydrogen-bond acceptors (Lipinski definition) is 3. The molecule has 0 fully saturated rings. The maximum Gasteiger partial charge on any atom is 0.260 e. The van der Waals surface area contributed by atoms with Gasteiger partial charge < -0.3 is 15.0 Å². The summed E-state index contributed by atoms with van der Waals surface area (Å²) in [5.41, 5.74) is 1.61. The second-order valence-electron chi connectivity index (χ2n) is 6.00. The number of halogens is 2. The van der Waals surface area contributed by atoms with Crippen molar-refractivity contribution in [2.75, 3.05) is 19.7 Å². The van der Waals surface area contributed by atoms with E-state index >= 15 is 0 Å². The molecule has 0 saturated heterocycles. The van der Waals surface area contributed by atoms with Crippen molar-refractivity contribution >= 4 is 41.1 Å². The molecule has 27 heavy (non-hydrogen) atoms. The van der Waals surface area contributed by atoms with E-state index in [1.165, 1.54) is 6.08 Å². The third-order valence-corrected chi connectivity index (χ3v) is 4.67. The van der Waals surface area contributed by atoms with Gasteiger partial charge in [0.15, 0.2) is 6.61 Å². The molecule has 0 aromatic heterocycles. The van der Waals surface area contributed by atoms with E-state index in [1.807, 2.05) is 18.2 Å². The number of nitrogens with one attached hydrogen (secondary N) is 1. The summed E-state index contributed by atoms with van der Waals surface area (Å²) < 4.78 is 5.51. The predicted octanol–water partition coefficient (Wildman–Crippen LogP) is 3.54. The largest absolute Gasteiger partial charge is 0.483 e. The summed E-state index contributed by atoms with van der Waals surface area (Å²) in [4.78, 5) is 25.8. The lowest BCUT2D eigenvalue weighted by molar-refractivity contribution is -0.133. The topological polar surface area (TPSA) is 58.6 Å². The average molecular weight is 405 g/mol. The Morgan fingerprint density at radius 1 is 1.22 bits per heavy atom. The van der Waals surface area contributed by atoms with Crippen molar-refractivity contribution in [3.05, 3.63) is 69.7 Å². The normalized spacial score (nSPS) is 13.9. The van der Waals surface area contributed by atoms with Crippen molar-refractivity contribution in [2.45, 2.75) is 6.54 Å². The van der Waals surface area contributed by atoms with E-state index in [4.69, 9.17) is 27.9 Å². The van der Waals surface area contributed by atoms with Gasteiger partial charge in [-0.05, 0) is 35.9 Å². The summed E-state index contributed by atoms with van der Waals surface area (Å²) in [6.07, 6.45) is 3.07. The minimum atomic E-state index is -0.253. The van der Waals surface area contributed by atoms with Crippen molar-refractivity contribution in [2.24, 2.45) is 0 Å². The first-order chi connectivity index (χ1) is 13.0. The highest BCUT2D eigenvalue weighted by Crippen LogP contribution is 2.26. The summed E-state index contributed by atoms with van der Waals surface area (Å²) in [6.45, 7) is 1.06. The quantitative estimate of drug-likeness (QED) is 0.775. The van der Waals surface area contributed by atoms with Crippen LogP contribution in [0.2, 0.25) is 10.0 Å². The fourth-order valence-electron chi connectivity index (χ4n) is 2.69. The number of hydrogen-bond donors (Lipinski definition) is 1. The zero-order valence-corrected chi connectivity index (χ0v) is 16.0. The first kappa shape index (κ1) is 19.3. The van der Waals surface area contributed by atoms with Crippen LogP contribution in [0.3, 0.4) is 0 Å². The summed E-state index contributed by atoms with van der Waals surface area (Å²) in [6, 6.07) is 12.5. The number of nitrogens with zero attached hydrogens (tertiary/aromatic N) is 1. The molecular weight excluding hydrogens is 387 g/mol. The molecule has 2 amide bonds. The van der Waals surface area contributed by atoms with E-state index < -0.39 is 0 Å². The van der Waals surface area contributed by atoms with Crippen molar-refractivity contribution in [3.63, 3.8) is 0 Å². The predicted molar refractivity (Wildman–Crippen MR) is 106 cm³/mol. The van der Waals surface area contributed by atoms with E-state index in [1.54, 1.807) is 35.2 Å². The van der Waals surface area contributed by atoms with E-state index in [2.05, 4.69) is 5.32 Å². The zero-order valence-electron chi connectivity index (χ0n) is 14.5. The van der Waals surface area contributed by atoms with Gasteiger partial charge in [0.25, 0.3) is 5.91 Å². The molecule has 5 nitrogen and oxygen atoms in total. The van der Waals surface area contributed by atoms with Crippen LogP contribution in [0.1, 0.15) is 11.1 Å². The lowest BCUT2D eigenvalue weighted by Crippen LogP contribution is -2.38. The minimum absolute atomic E-state index is 0.0328. The van der Waals surface area contributed by atoms with Gasteiger partial charge in [0, 0.05) is 41.3 Å². The summed E-state index contributed by atoms with van der Waals surface area (Å²) in [5, 5.41) is 3.93. The van der Waals surface area contributed by atoms with Crippen molar-refractivity contribution in [3.8, 4) is 5.75 Å². The Hall–Kier alpha value is -2.50. The molecule has 0 atom stereocenters. The minimum Gasteiger partial charge on any atom is -0.483 e. The Morgan fingerprint density at radius 3 is 2.85 bits per heavy atom. The van der Waals surface area contributed by atoms with E-state index in [-0.39, 0.29) is 18.4 Å². The van der Waals surface area contributed by atoms with E-state index in [0.29, 0.717) is 35.4 Å². The Bertz CT molecular complexity index is 883. The molecule has 0 saturated carbocycles. The summed E-state index contributed by atoms with van der Waals surface area (Å²) in [7, 11) is 0. The molecule has 140 valence electrons. The maximum atomic E-state index is 12.2. The number of ether oxygens (including phenoxy) is 1. The molecule has 1 aliphatic rings. The second-order valence-corrected chi connectivity index (χ2v) is 6.85. The van der Waals surface area contributed by atoms with Gasteiger partial charge in [-0.3, -0.25) is 9.59 Å². The third-order valence-electron chi connectivity index (χ3n) is 4.09. The number of amides is 2. The van der Waals surface area contributed by atoms with Crippen LogP contribution in [0.4, 0.5) is 0 Å². The van der Waals surface area contributed by atoms with Crippen LogP contribution in [0.25, 0.3) is 6.08 Å². The Morgan fingerprint density at radius 2 is 2.04 bits per heavy atom. The van der Waals surface area contributed by atoms with Gasteiger partial charge in [0.2, 0.25) is 5.91 Å². The Balaban J connectivity index is 1.54. The molecule has 0 radical (unpaired) electrons. The van der Waals surface area contributed by atoms with E-state index in [0.717, 1.165) is 11.1 Å². The van der Waals surface area contributed by atoms with Crippen molar-refractivity contribution < 1.29 is 14.3 Å². The van der Waals surface area contributed by atoms with Crippen LogP contribution >= 0.6 is 23.2 Å². The van der Waals surface area contributed by atoms with Gasteiger partial charge >= 0.3 is 0 Å². The number of benzene rings is 2. The lowest BCUT2D eigenvalue weighted by atomic mass is 10.2. The molecule has 3 rings (SSSR count). The fraction of sp³-hybridized carbons (Fsp3) is 0.200. The second kappa shape index (κ2) is 8.93. The van der Waals surface area contributed by atoms with Crippen LogP contribution in [-0.2, 0) is 16.1 Å². The number of carbonyl (C=O) groups excluding carboxylic acids is 2. The number of rotatable bonds is 5. The van der Waals surface area contributed by atoms with Crippen LogP contribution in [0.5, 0.6) is 5.75 Å². The molecule has 0 bridgehead atoms. The lowest BCUT2D eigenvalue weighted by Gasteiger charge is -2.20. The highest BCUT2D eigenvalue weighted by Gasteiger charge is 2.21. The Labute approximate surface area is 167 Å². The first-order valence-electron chi connectivity index (χ1n) is 8.42. The third kappa shape index (κ3) is 5.25. The van der Waals surface area contributed by atoms with Crippen LogP contribution in [-0.4, -0.2) is 36.4 Å². The van der Waals surface area contributed by atoms with E-state index in [9.17, 15) is 9.59 Å². The van der Waals surface area contributed by atoms with Crippen LogP contribution < -0.4 is 10.1 Å². The molecule has 1 aliphatic heterocycles. The van der Waals surface area contributed by atoms with Gasteiger partial charge in [-0.25, -0.2) is 0 Å². The SMILES string of the molecule is O=C(/C=C/c1ccccc1Cl)NCCN1Cc2cc(Cl)ccc2OCC1=O. The van der Waals surface area contributed by atoms with Gasteiger partial charge in [0.1, 0.15) is 5.75 Å². The van der Waals surface area contributed by atoms with Gasteiger partial charge in [0.05, 0.1) is 0 Å². The monoisotopic (exact) mass is 404 g/mol. The molecule has 7 heteroatoms. The molecule has 1 N–H and O–H groups in total. The van der Waals surface area contributed by atoms with Crippen molar-refractivity contribution in [1.29, 1.82) is 0 Å². The molecule has 0 spiro atoms. The van der Waals surface area contributed by atoms with Crippen LogP contribution in [0.15, 0.2) is 48.5 Å². The molecular formula is C20H18Cl2N2O3. The molecule has 2 aromatic rings. The maximum absolute atomic E-state index is 12.2. The highest BCUT2D eigenvalue weighted by molar-refractivity contribution is 6.32. The molecule has 1 heterocycles. The van der Waals surface area contributed by atoms with Gasteiger partial charge in [-0.15, -0.1) is 0 Å².